The monoisotopic (exact) mass is 290 g/mol. The Labute approximate surface area is 124 Å². The third kappa shape index (κ3) is 2.70. The van der Waals surface area contributed by atoms with Gasteiger partial charge in [0.25, 0.3) is 0 Å². The molecule has 0 aromatic heterocycles. The van der Waals surface area contributed by atoms with E-state index in [4.69, 9.17) is 10.5 Å². The van der Waals surface area contributed by atoms with Gasteiger partial charge >= 0.3 is 6.03 Å². The third-order valence-corrected chi connectivity index (χ3v) is 3.96. The summed E-state index contributed by atoms with van der Waals surface area (Å²) in [4.78, 5) is 15.8. The quantitative estimate of drug-likeness (QED) is 0.822. The van der Waals surface area contributed by atoms with Gasteiger partial charge in [-0.05, 0) is 26.0 Å². The zero-order valence-corrected chi connectivity index (χ0v) is 12.5. The van der Waals surface area contributed by atoms with Crippen LogP contribution in [0.3, 0.4) is 0 Å². The van der Waals surface area contributed by atoms with Gasteiger partial charge in [0.2, 0.25) is 0 Å². The van der Waals surface area contributed by atoms with Crippen LogP contribution in [0.4, 0.5) is 16.2 Å². The molecule has 114 valence electrons. The second-order valence-electron chi connectivity index (χ2n) is 5.87. The SMILES string of the molecule is CC(C)Oc1cc(N2CCN3C(=O)NCC3C2)ccc1N. The van der Waals surface area contributed by atoms with Crippen molar-refractivity contribution in [2.24, 2.45) is 0 Å². The van der Waals surface area contributed by atoms with E-state index < -0.39 is 0 Å². The Morgan fingerprint density at radius 3 is 2.95 bits per heavy atom. The van der Waals surface area contributed by atoms with Gasteiger partial charge in [-0.1, -0.05) is 0 Å². The van der Waals surface area contributed by atoms with E-state index in [0.717, 1.165) is 37.6 Å². The number of ether oxygens (including phenoxy) is 1. The summed E-state index contributed by atoms with van der Waals surface area (Å²) >= 11 is 0. The molecule has 0 aliphatic carbocycles. The van der Waals surface area contributed by atoms with Gasteiger partial charge in [-0.3, -0.25) is 0 Å². The number of carbonyl (C=O) groups excluding carboxylic acids is 1. The molecule has 0 spiro atoms. The van der Waals surface area contributed by atoms with E-state index in [2.05, 4.69) is 10.2 Å². The number of amides is 2. The highest BCUT2D eigenvalue weighted by Crippen LogP contribution is 2.30. The lowest BCUT2D eigenvalue weighted by atomic mass is 10.1. The topological polar surface area (TPSA) is 70.8 Å². The highest BCUT2D eigenvalue weighted by molar-refractivity contribution is 5.77. The molecule has 1 aromatic rings. The van der Waals surface area contributed by atoms with Crippen LogP contribution in [-0.2, 0) is 0 Å². The van der Waals surface area contributed by atoms with Crippen LogP contribution in [0.1, 0.15) is 13.8 Å². The number of fused-ring (bicyclic) bond motifs is 1. The second-order valence-corrected chi connectivity index (χ2v) is 5.87. The number of nitrogens with two attached hydrogens (primary N) is 1. The number of benzene rings is 1. The fourth-order valence-electron chi connectivity index (χ4n) is 2.91. The molecule has 21 heavy (non-hydrogen) atoms. The van der Waals surface area contributed by atoms with Crippen molar-refractivity contribution < 1.29 is 9.53 Å². The lowest BCUT2D eigenvalue weighted by Gasteiger charge is -2.38. The number of hydrogen-bond donors (Lipinski definition) is 2. The third-order valence-electron chi connectivity index (χ3n) is 3.96. The average molecular weight is 290 g/mol. The highest BCUT2D eigenvalue weighted by Gasteiger charge is 2.35. The molecule has 2 amide bonds. The van der Waals surface area contributed by atoms with E-state index in [-0.39, 0.29) is 18.2 Å². The number of nitrogens with one attached hydrogen (secondary N) is 1. The zero-order valence-electron chi connectivity index (χ0n) is 12.5. The second kappa shape index (κ2) is 5.35. The van der Waals surface area contributed by atoms with Gasteiger partial charge in [-0.25, -0.2) is 4.79 Å². The molecule has 2 fully saturated rings. The Morgan fingerprint density at radius 2 is 2.19 bits per heavy atom. The Hall–Kier alpha value is -2.11. The zero-order chi connectivity index (χ0) is 15.0. The summed E-state index contributed by atoms with van der Waals surface area (Å²) in [6.07, 6.45) is 0.0936. The molecule has 2 aliphatic rings. The summed E-state index contributed by atoms with van der Waals surface area (Å²) in [7, 11) is 0. The van der Waals surface area contributed by atoms with E-state index in [0.29, 0.717) is 5.69 Å². The van der Waals surface area contributed by atoms with E-state index in [9.17, 15) is 4.79 Å². The van der Waals surface area contributed by atoms with E-state index in [1.54, 1.807) is 0 Å². The van der Waals surface area contributed by atoms with Crippen LogP contribution in [0, 0.1) is 0 Å². The Kier molecular flexibility index (Phi) is 3.53. The summed E-state index contributed by atoms with van der Waals surface area (Å²) < 4.78 is 5.75. The van der Waals surface area contributed by atoms with Gasteiger partial charge in [-0.15, -0.1) is 0 Å². The molecular weight excluding hydrogens is 268 g/mol. The molecule has 0 radical (unpaired) electrons. The first-order chi connectivity index (χ1) is 10.0. The van der Waals surface area contributed by atoms with E-state index in [1.807, 2.05) is 36.9 Å². The van der Waals surface area contributed by atoms with Crippen LogP contribution in [0.15, 0.2) is 18.2 Å². The molecule has 3 rings (SSSR count). The van der Waals surface area contributed by atoms with Crippen molar-refractivity contribution in [3.63, 3.8) is 0 Å². The maximum Gasteiger partial charge on any atom is 0.317 e. The molecule has 0 saturated carbocycles. The minimum Gasteiger partial charge on any atom is -0.489 e. The number of carbonyl (C=O) groups is 1. The number of hydrogen-bond acceptors (Lipinski definition) is 4. The van der Waals surface area contributed by atoms with Crippen molar-refractivity contribution in [1.82, 2.24) is 10.2 Å². The minimum atomic E-state index is 0.0563. The van der Waals surface area contributed by atoms with E-state index >= 15 is 0 Å². The fourth-order valence-corrected chi connectivity index (χ4v) is 2.91. The van der Waals surface area contributed by atoms with Crippen molar-refractivity contribution >= 4 is 17.4 Å². The summed E-state index contributed by atoms with van der Waals surface area (Å²) in [5.41, 5.74) is 7.72. The summed E-state index contributed by atoms with van der Waals surface area (Å²) in [5.74, 6) is 0.727. The normalized spacial score (nSPS) is 21.5. The van der Waals surface area contributed by atoms with Crippen LogP contribution in [0.25, 0.3) is 0 Å². The van der Waals surface area contributed by atoms with Crippen LogP contribution in [0.5, 0.6) is 5.75 Å². The Bertz CT molecular complexity index is 546. The lowest BCUT2D eigenvalue weighted by molar-refractivity contribution is 0.197. The number of piperazine rings is 1. The fraction of sp³-hybridized carbons (Fsp3) is 0.533. The largest absolute Gasteiger partial charge is 0.489 e. The van der Waals surface area contributed by atoms with Gasteiger partial charge in [0, 0.05) is 37.9 Å². The molecule has 1 atom stereocenters. The maximum absolute atomic E-state index is 11.6. The van der Waals surface area contributed by atoms with Crippen molar-refractivity contribution in [3.05, 3.63) is 18.2 Å². The molecule has 2 aliphatic heterocycles. The van der Waals surface area contributed by atoms with Crippen LogP contribution < -0.4 is 20.7 Å². The predicted molar refractivity (Wildman–Crippen MR) is 82.7 cm³/mol. The molecule has 6 heteroatoms. The standard InChI is InChI=1S/C15H22N4O2/c1-10(2)21-14-7-11(3-4-13(14)16)18-5-6-19-12(9-18)8-17-15(19)20/h3-4,7,10,12H,5-6,8-9,16H2,1-2H3,(H,17,20). The number of nitrogen functional groups attached to an aromatic ring is 1. The first-order valence-corrected chi connectivity index (χ1v) is 7.40. The molecule has 0 bridgehead atoms. The highest BCUT2D eigenvalue weighted by atomic mass is 16.5. The minimum absolute atomic E-state index is 0.0563. The number of rotatable bonds is 3. The maximum atomic E-state index is 11.6. The molecule has 6 nitrogen and oxygen atoms in total. The summed E-state index contributed by atoms with van der Waals surface area (Å²) in [6.45, 7) is 7.11. The van der Waals surface area contributed by atoms with Gasteiger partial charge in [-0.2, -0.15) is 0 Å². The van der Waals surface area contributed by atoms with Gasteiger partial charge in [0.1, 0.15) is 5.75 Å². The Balaban J connectivity index is 1.77. The van der Waals surface area contributed by atoms with Crippen LogP contribution >= 0.6 is 0 Å². The molecular formula is C15H22N4O2. The number of urea groups is 1. The smallest absolute Gasteiger partial charge is 0.317 e. The van der Waals surface area contributed by atoms with Crippen molar-refractivity contribution in [1.29, 1.82) is 0 Å². The molecule has 3 N–H and O–H groups in total. The predicted octanol–water partition coefficient (Wildman–Crippen LogP) is 1.27. The number of anilines is 2. The van der Waals surface area contributed by atoms with Gasteiger partial charge < -0.3 is 25.6 Å². The summed E-state index contributed by atoms with van der Waals surface area (Å²) in [6, 6.07) is 6.20. The average Bonchev–Trinajstić information content (AvgIpc) is 2.82. The molecule has 2 heterocycles. The molecule has 2 saturated heterocycles. The van der Waals surface area contributed by atoms with Crippen molar-refractivity contribution in [3.8, 4) is 5.75 Å². The summed E-state index contributed by atoms with van der Waals surface area (Å²) in [5, 5.41) is 2.90. The lowest BCUT2D eigenvalue weighted by Crippen LogP contribution is -2.52. The first-order valence-electron chi connectivity index (χ1n) is 7.40. The molecule has 1 aromatic carbocycles. The van der Waals surface area contributed by atoms with E-state index in [1.165, 1.54) is 0 Å². The van der Waals surface area contributed by atoms with Crippen LogP contribution in [0.2, 0.25) is 0 Å². The van der Waals surface area contributed by atoms with Crippen molar-refractivity contribution in [2.45, 2.75) is 26.0 Å². The molecule has 1 unspecified atom stereocenters. The van der Waals surface area contributed by atoms with Crippen LogP contribution in [-0.4, -0.2) is 49.3 Å². The van der Waals surface area contributed by atoms with Crippen molar-refractivity contribution in [2.75, 3.05) is 36.8 Å². The number of nitrogens with zero attached hydrogens (tertiary/aromatic N) is 2. The first kappa shape index (κ1) is 13.9. The Morgan fingerprint density at radius 1 is 1.38 bits per heavy atom. The van der Waals surface area contributed by atoms with Gasteiger partial charge in [0.15, 0.2) is 0 Å². The van der Waals surface area contributed by atoms with Gasteiger partial charge in [0.05, 0.1) is 17.8 Å².